The lowest BCUT2D eigenvalue weighted by Crippen LogP contribution is -2.52. The first-order valence-corrected chi connectivity index (χ1v) is 9.92. The molecule has 5 heteroatoms. The molecule has 2 amide bonds. The Morgan fingerprint density at radius 3 is 2.68 bits per heavy atom. The Hall–Kier alpha value is -2.66. The van der Waals surface area contributed by atoms with E-state index in [9.17, 15) is 9.59 Å². The highest BCUT2D eigenvalue weighted by molar-refractivity contribution is 5.95. The van der Waals surface area contributed by atoms with Gasteiger partial charge >= 0.3 is 0 Å². The lowest BCUT2D eigenvalue weighted by molar-refractivity contribution is -0.120. The summed E-state index contributed by atoms with van der Waals surface area (Å²) in [5.41, 5.74) is 3.79. The second kappa shape index (κ2) is 7.76. The first-order valence-electron chi connectivity index (χ1n) is 9.92. The summed E-state index contributed by atoms with van der Waals surface area (Å²) in [7, 11) is 0. The summed E-state index contributed by atoms with van der Waals surface area (Å²) < 4.78 is 6.00. The van der Waals surface area contributed by atoms with Crippen molar-refractivity contribution in [1.82, 2.24) is 10.2 Å². The van der Waals surface area contributed by atoms with Crippen LogP contribution in [0.25, 0.3) is 11.1 Å². The number of nitrogens with zero attached hydrogens (tertiary/aromatic N) is 1. The van der Waals surface area contributed by atoms with Crippen LogP contribution in [-0.2, 0) is 9.53 Å². The van der Waals surface area contributed by atoms with Crippen LogP contribution in [-0.4, -0.2) is 48.6 Å². The van der Waals surface area contributed by atoms with E-state index in [-0.39, 0.29) is 17.4 Å². The van der Waals surface area contributed by atoms with E-state index in [0.717, 1.165) is 24.0 Å². The molecule has 2 aliphatic heterocycles. The molecule has 1 N–H and O–H groups in total. The van der Waals surface area contributed by atoms with Crippen molar-refractivity contribution in [1.29, 1.82) is 0 Å². The van der Waals surface area contributed by atoms with Gasteiger partial charge in [0.25, 0.3) is 5.91 Å². The van der Waals surface area contributed by atoms with Gasteiger partial charge in [0.05, 0.1) is 12.2 Å². The van der Waals surface area contributed by atoms with Crippen LogP contribution in [0.5, 0.6) is 0 Å². The molecule has 0 bridgehead atoms. The minimum Gasteiger partial charge on any atom is -0.372 e. The average Bonchev–Trinajstić information content (AvgIpc) is 2.90. The van der Waals surface area contributed by atoms with Gasteiger partial charge in [-0.25, -0.2) is 0 Å². The number of likely N-dealkylation sites (tertiary alicyclic amines) is 1. The second-order valence-corrected chi connectivity index (χ2v) is 7.75. The molecule has 0 aromatic heterocycles. The number of carbonyl (C=O) groups excluding carboxylic acids is 2. The first-order chi connectivity index (χ1) is 13.6. The molecule has 2 fully saturated rings. The summed E-state index contributed by atoms with van der Waals surface area (Å²) >= 11 is 0. The van der Waals surface area contributed by atoms with E-state index in [1.54, 1.807) is 0 Å². The fraction of sp³-hybridized carbons (Fsp3) is 0.391. The van der Waals surface area contributed by atoms with Crippen molar-refractivity contribution in [2.45, 2.75) is 31.8 Å². The molecule has 4 rings (SSSR count). The molecular weight excluding hydrogens is 352 g/mol. The van der Waals surface area contributed by atoms with Crippen molar-refractivity contribution in [3.8, 4) is 11.1 Å². The third-order valence-corrected chi connectivity index (χ3v) is 5.87. The largest absolute Gasteiger partial charge is 0.372 e. The topological polar surface area (TPSA) is 58.6 Å². The molecule has 5 nitrogen and oxygen atoms in total. The van der Waals surface area contributed by atoms with E-state index in [4.69, 9.17) is 4.74 Å². The van der Waals surface area contributed by atoms with E-state index in [1.165, 1.54) is 5.56 Å². The summed E-state index contributed by atoms with van der Waals surface area (Å²) in [5.74, 6) is 0.103. The lowest BCUT2D eigenvalue weighted by atomic mass is 9.90. The predicted molar refractivity (Wildman–Crippen MR) is 108 cm³/mol. The van der Waals surface area contributed by atoms with Crippen LogP contribution in [0.4, 0.5) is 0 Å². The monoisotopic (exact) mass is 378 g/mol. The van der Waals surface area contributed by atoms with E-state index in [0.29, 0.717) is 38.2 Å². The number of hydrogen-bond donors (Lipinski definition) is 1. The van der Waals surface area contributed by atoms with Gasteiger partial charge in [0, 0.05) is 31.6 Å². The lowest BCUT2D eigenvalue weighted by Gasteiger charge is -2.40. The molecule has 2 saturated heterocycles. The van der Waals surface area contributed by atoms with E-state index in [2.05, 4.69) is 24.4 Å². The zero-order chi connectivity index (χ0) is 19.6. The number of rotatable bonds is 2. The van der Waals surface area contributed by atoms with Crippen LogP contribution in [0.1, 0.15) is 35.2 Å². The van der Waals surface area contributed by atoms with Crippen LogP contribution in [0.3, 0.4) is 0 Å². The summed E-state index contributed by atoms with van der Waals surface area (Å²) in [5, 5.41) is 2.94. The van der Waals surface area contributed by atoms with Crippen molar-refractivity contribution in [2.24, 2.45) is 0 Å². The van der Waals surface area contributed by atoms with Gasteiger partial charge < -0.3 is 15.0 Å². The van der Waals surface area contributed by atoms with E-state index < -0.39 is 0 Å². The maximum Gasteiger partial charge on any atom is 0.253 e. The number of ether oxygens (including phenoxy) is 1. The van der Waals surface area contributed by atoms with Crippen LogP contribution >= 0.6 is 0 Å². The van der Waals surface area contributed by atoms with Crippen LogP contribution in [0.15, 0.2) is 48.5 Å². The number of piperidine rings is 1. The van der Waals surface area contributed by atoms with Gasteiger partial charge in [-0.1, -0.05) is 36.4 Å². The summed E-state index contributed by atoms with van der Waals surface area (Å²) in [4.78, 5) is 26.6. The quantitative estimate of drug-likeness (QED) is 0.873. The SMILES string of the molecule is Cc1ccccc1-c1cccc(C(=O)N2CCC3(CC2)CNC(=O)CCO3)c1. The zero-order valence-corrected chi connectivity index (χ0v) is 16.2. The summed E-state index contributed by atoms with van der Waals surface area (Å²) in [6.45, 7) is 4.36. The van der Waals surface area contributed by atoms with Crippen molar-refractivity contribution < 1.29 is 14.3 Å². The fourth-order valence-corrected chi connectivity index (χ4v) is 4.10. The molecule has 2 heterocycles. The number of aryl methyl sites for hydroxylation is 1. The van der Waals surface area contributed by atoms with Crippen molar-refractivity contribution in [2.75, 3.05) is 26.2 Å². The van der Waals surface area contributed by atoms with Crippen molar-refractivity contribution in [3.63, 3.8) is 0 Å². The van der Waals surface area contributed by atoms with Gasteiger partial charge in [-0.2, -0.15) is 0 Å². The average molecular weight is 378 g/mol. The predicted octanol–water partition coefficient (Wildman–Crippen LogP) is 3.17. The standard InChI is InChI=1S/C23H26N2O3/c1-17-5-2-3-8-20(17)18-6-4-7-19(15-18)22(27)25-12-10-23(11-13-25)16-24-21(26)9-14-28-23/h2-8,15H,9-14,16H2,1H3,(H,24,26). The molecule has 2 aromatic carbocycles. The number of hydrogen-bond acceptors (Lipinski definition) is 3. The molecule has 0 atom stereocenters. The smallest absolute Gasteiger partial charge is 0.253 e. The molecular formula is C23H26N2O3. The second-order valence-electron chi connectivity index (χ2n) is 7.75. The van der Waals surface area contributed by atoms with Crippen LogP contribution < -0.4 is 5.32 Å². The van der Waals surface area contributed by atoms with Gasteiger partial charge in [-0.3, -0.25) is 9.59 Å². The maximum atomic E-state index is 13.1. The van der Waals surface area contributed by atoms with Crippen molar-refractivity contribution in [3.05, 3.63) is 59.7 Å². The normalized spacial score (nSPS) is 19.2. The Labute approximate surface area is 165 Å². The fourth-order valence-electron chi connectivity index (χ4n) is 4.10. The van der Waals surface area contributed by atoms with Gasteiger partial charge in [0.2, 0.25) is 5.91 Å². The first kappa shape index (κ1) is 18.7. The minimum atomic E-state index is -0.327. The molecule has 28 heavy (non-hydrogen) atoms. The van der Waals surface area contributed by atoms with Gasteiger partial charge in [-0.05, 0) is 48.6 Å². The van der Waals surface area contributed by atoms with E-state index in [1.807, 2.05) is 41.3 Å². The third-order valence-electron chi connectivity index (χ3n) is 5.87. The molecule has 2 aromatic rings. The molecule has 0 aliphatic carbocycles. The Bertz CT molecular complexity index is 885. The van der Waals surface area contributed by atoms with Crippen LogP contribution in [0.2, 0.25) is 0 Å². The molecule has 0 saturated carbocycles. The Morgan fingerprint density at radius 1 is 1.11 bits per heavy atom. The molecule has 146 valence electrons. The van der Waals surface area contributed by atoms with Gasteiger partial charge in [0.1, 0.15) is 0 Å². The highest BCUT2D eigenvalue weighted by Gasteiger charge is 2.38. The summed E-state index contributed by atoms with van der Waals surface area (Å²) in [6, 6.07) is 16.1. The Kier molecular flexibility index (Phi) is 5.18. The minimum absolute atomic E-state index is 0.0448. The van der Waals surface area contributed by atoms with Gasteiger partial charge in [0.15, 0.2) is 0 Å². The number of carbonyl (C=O) groups is 2. The molecule has 0 radical (unpaired) electrons. The summed E-state index contributed by atoms with van der Waals surface area (Å²) in [6.07, 6.45) is 1.91. The zero-order valence-electron chi connectivity index (χ0n) is 16.2. The van der Waals surface area contributed by atoms with E-state index >= 15 is 0 Å². The highest BCUT2D eigenvalue weighted by Crippen LogP contribution is 2.29. The molecule has 2 aliphatic rings. The van der Waals surface area contributed by atoms with Crippen LogP contribution in [0, 0.1) is 6.92 Å². The molecule has 0 unspecified atom stereocenters. The maximum absolute atomic E-state index is 13.1. The molecule has 1 spiro atoms. The number of nitrogens with one attached hydrogen (secondary N) is 1. The number of amides is 2. The Morgan fingerprint density at radius 2 is 1.89 bits per heavy atom. The Balaban J connectivity index is 1.47. The van der Waals surface area contributed by atoms with Gasteiger partial charge in [-0.15, -0.1) is 0 Å². The van der Waals surface area contributed by atoms with Crippen molar-refractivity contribution >= 4 is 11.8 Å². The highest BCUT2D eigenvalue weighted by atomic mass is 16.5. The third kappa shape index (κ3) is 3.80. The number of benzene rings is 2.